The quantitative estimate of drug-likeness (QED) is 0.933. The highest BCUT2D eigenvalue weighted by Crippen LogP contribution is 2.34. The van der Waals surface area contributed by atoms with Gasteiger partial charge < -0.3 is 15.0 Å². The Morgan fingerprint density at radius 3 is 2.55 bits per heavy atom. The van der Waals surface area contributed by atoms with Gasteiger partial charge >= 0.3 is 0 Å². The molecule has 2 aromatic rings. The summed E-state index contributed by atoms with van der Waals surface area (Å²) in [6.45, 7) is 8.08. The van der Waals surface area contributed by atoms with Gasteiger partial charge in [0, 0.05) is 12.5 Å². The van der Waals surface area contributed by atoms with Crippen LogP contribution in [0.15, 0.2) is 9.90 Å². The van der Waals surface area contributed by atoms with Gasteiger partial charge in [-0.15, -0.1) is 11.3 Å². The fourth-order valence-electron chi connectivity index (χ4n) is 1.89. The number of rotatable bonds is 4. The number of hydrogen-bond donors (Lipinski definition) is 1. The van der Waals surface area contributed by atoms with E-state index in [1.54, 1.807) is 7.11 Å². The van der Waals surface area contributed by atoms with E-state index < -0.39 is 0 Å². The SMILES string of the molecule is COC(c1noc(-c2csc(C(C)N)n2)n1)C(C)(C)C. The summed E-state index contributed by atoms with van der Waals surface area (Å²) in [5.41, 5.74) is 6.34. The molecule has 0 bridgehead atoms. The summed E-state index contributed by atoms with van der Waals surface area (Å²) in [4.78, 5) is 8.79. The van der Waals surface area contributed by atoms with Crippen molar-refractivity contribution in [3.8, 4) is 11.6 Å². The molecule has 0 fully saturated rings. The standard InChI is InChI=1S/C13H20N4O2S/c1-7(14)12-15-8(6-20-12)11-16-10(17-19-11)9(18-5)13(2,3)4/h6-7,9H,14H2,1-5H3. The van der Waals surface area contributed by atoms with E-state index in [0.717, 1.165) is 5.01 Å². The topological polar surface area (TPSA) is 87.1 Å². The summed E-state index contributed by atoms with van der Waals surface area (Å²) < 4.78 is 10.8. The third-order valence-electron chi connectivity index (χ3n) is 2.83. The summed E-state index contributed by atoms with van der Waals surface area (Å²) in [7, 11) is 1.64. The molecule has 6 nitrogen and oxygen atoms in total. The molecular weight excluding hydrogens is 276 g/mol. The van der Waals surface area contributed by atoms with Crippen LogP contribution in [0.4, 0.5) is 0 Å². The third-order valence-corrected chi connectivity index (χ3v) is 3.87. The molecule has 2 atom stereocenters. The molecule has 0 aliphatic rings. The Hall–Kier alpha value is -1.31. The molecule has 7 heteroatoms. The lowest BCUT2D eigenvalue weighted by Crippen LogP contribution is -2.21. The fourth-order valence-corrected chi connectivity index (χ4v) is 2.64. The molecule has 20 heavy (non-hydrogen) atoms. The van der Waals surface area contributed by atoms with Crippen LogP contribution in [0.5, 0.6) is 0 Å². The number of ether oxygens (including phenoxy) is 1. The van der Waals surface area contributed by atoms with Gasteiger partial charge in [0.1, 0.15) is 16.8 Å². The maximum absolute atomic E-state index is 5.80. The largest absolute Gasteiger partial charge is 0.373 e. The van der Waals surface area contributed by atoms with Crippen LogP contribution in [-0.4, -0.2) is 22.2 Å². The minimum Gasteiger partial charge on any atom is -0.373 e. The van der Waals surface area contributed by atoms with Crippen molar-refractivity contribution < 1.29 is 9.26 Å². The van der Waals surface area contributed by atoms with E-state index in [1.807, 2.05) is 12.3 Å². The van der Waals surface area contributed by atoms with Gasteiger partial charge in [-0.1, -0.05) is 25.9 Å². The van der Waals surface area contributed by atoms with Crippen molar-refractivity contribution in [3.05, 3.63) is 16.2 Å². The molecule has 2 aromatic heterocycles. The lowest BCUT2D eigenvalue weighted by Gasteiger charge is -2.26. The monoisotopic (exact) mass is 296 g/mol. The fraction of sp³-hybridized carbons (Fsp3) is 0.615. The first kappa shape index (κ1) is 15.1. The average molecular weight is 296 g/mol. The molecular formula is C13H20N4O2S. The molecule has 0 aliphatic heterocycles. The Kier molecular flexibility index (Phi) is 4.22. The predicted molar refractivity (Wildman–Crippen MR) is 77.2 cm³/mol. The van der Waals surface area contributed by atoms with Gasteiger partial charge in [0.2, 0.25) is 5.82 Å². The molecule has 110 valence electrons. The summed E-state index contributed by atoms with van der Waals surface area (Å²) >= 11 is 1.49. The van der Waals surface area contributed by atoms with E-state index in [2.05, 4.69) is 35.9 Å². The number of hydrogen-bond acceptors (Lipinski definition) is 7. The maximum atomic E-state index is 5.80. The van der Waals surface area contributed by atoms with Gasteiger partial charge in [-0.25, -0.2) is 4.98 Å². The van der Waals surface area contributed by atoms with Crippen molar-refractivity contribution in [2.24, 2.45) is 11.1 Å². The number of thiazole rings is 1. The average Bonchev–Trinajstić information content (AvgIpc) is 2.94. The second-order valence-electron chi connectivity index (χ2n) is 5.80. The van der Waals surface area contributed by atoms with Crippen LogP contribution in [0.3, 0.4) is 0 Å². The first-order chi connectivity index (χ1) is 9.32. The van der Waals surface area contributed by atoms with E-state index >= 15 is 0 Å². The van der Waals surface area contributed by atoms with Crippen molar-refractivity contribution >= 4 is 11.3 Å². The second-order valence-corrected chi connectivity index (χ2v) is 6.69. The Labute approximate surface area is 122 Å². The smallest absolute Gasteiger partial charge is 0.277 e. The zero-order valence-corrected chi connectivity index (χ0v) is 13.2. The van der Waals surface area contributed by atoms with Crippen molar-refractivity contribution in [2.75, 3.05) is 7.11 Å². The van der Waals surface area contributed by atoms with Gasteiger partial charge in [0.15, 0.2) is 0 Å². The molecule has 0 amide bonds. The van der Waals surface area contributed by atoms with Crippen molar-refractivity contribution in [2.45, 2.75) is 39.8 Å². The van der Waals surface area contributed by atoms with Gasteiger partial charge in [0.05, 0.1) is 6.04 Å². The minimum absolute atomic E-state index is 0.0996. The van der Waals surface area contributed by atoms with Crippen LogP contribution in [0, 0.1) is 5.41 Å². The molecule has 0 spiro atoms. The molecule has 2 N–H and O–H groups in total. The number of methoxy groups -OCH3 is 1. The molecule has 0 aliphatic carbocycles. The highest BCUT2D eigenvalue weighted by atomic mass is 32.1. The van der Waals surface area contributed by atoms with Gasteiger partial charge in [0.25, 0.3) is 5.89 Å². The molecule has 0 radical (unpaired) electrons. The number of nitrogens with zero attached hydrogens (tertiary/aromatic N) is 3. The molecule has 0 aromatic carbocycles. The summed E-state index contributed by atoms with van der Waals surface area (Å²) in [5.74, 6) is 0.930. The van der Waals surface area contributed by atoms with Crippen molar-refractivity contribution in [1.82, 2.24) is 15.1 Å². The highest BCUT2D eigenvalue weighted by molar-refractivity contribution is 7.10. The first-order valence-corrected chi connectivity index (χ1v) is 7.28. The highest BCUT2D eigenvalue weighted by Gasteiger charge is 2.31. The molecule has 2 rings (SSSR count). The van der Waals surface area contributed by atoms with E-state index in [-0.39, 0.29) is 17.6 Å². The predicted octanol–water partition coefficient (Wildman–Crippen LogP) is 2.95. The first-order valence-electron chi connectivity index (χ1n) is 6.40. The number of nitrogens with two attached hydrogens (primary N) is 1. The lowest BCUT2D eigenvalue weighted by atomic mass is 9.88. The molecule has 0 saturated heterocycles. The summed E-state index contributed by atoms with van der Waals surface area (Å²) in [6.07, 6.45) is -0.230. The molecule has 2 heterocycles. The van der Waals surface area contributed by atoms with Gasteiger partial charge in [-0.2, -0.15) is 4.98 Å². The van der Waals surface area contributed by atoms with Crippen LogP contribution in [-0.2, 0) is 4.74 Å². The Morgan fingerprint density at radius 1 is 1.35 bits per heavy atom. The van der Waals surface area contributed by atoms with Crippen molar-refractivity contribution in [3.63, 3.8) is 0 Å². The van der Waals surface area contributed by atoms with Crippen LogP contribution >= 0.6 is 11.3 Å². The normalized spacial score (nSPS) is 15.3. The van der Waals surface area contributed by atoms with Crippen LogP contribution in [0.1, 0.15) is 50.7 Å². The third kappa shape index (κ3) is 3.05. The molecule has 0 saturated carbocycles. The second kappa shape index (κ2) is 5.59. The number of aromatic nitrogens is 3. The van der Waals surface area contributed by atoms with Crippen molar-refractivity contribution in [1.29, 1.82) is 0 Å². The minimum atomic E-state index is -0.230. The van der Waals surface area contributed by atoms with Gasteiger partial charge in [-0.05, 0) is 12.3 Å². The van der Waals surface area contributed by atoms with Crippen LogP contribution in [0.2, 0.25) is 0 Å². The zero-order chi connectivity index (χ0) is 14.9. The Morgan fingerprint density at radius 2 is 2.05 bits per heavy atom. The summed E-state index contributed by atoms with van der Waals surface area (Å²) in [5, 5.41) is 6.72. The van der Waals surface area contributed by atoms with E-state index in [0.29, 0.717) is 17.4 Å². The van der Waals surface area contributed by atoms with E-state index in [9.17, 15) is 0 Å². The lowest BCUT2D eigenvalue weighted by molar-refractivity contribution is 0.00718. The summed E-state index contributed by atoms with van der Waals surface area (Å²) in [6, 6.07) is -0.0996. The maximum Gasteiger partial charge on any atom is 0.277 e. The van der Waals surface area contributed by atoms with E-state index in [1.165, 1.54) is 11.3 Å². The molecule has 2 unspecified atom stereocenters. The van der Waals surface area contributed by atoms with Crippen LogP contribution in [0.25, 0.3) is 11.6 Å². The van der Waals surface area contributed by atoms with Gasteiger partial charge in [-0.3, -0.25) is 0 Å². The zero-order valence-electron chi connectivity index (χ0n) is 12.4. The Bertz CT molecular complexity index is 571. The van der Waals surface area contributed by atoms with Crippen LogP contribution < -0.4 is 5.73 Å². The van der Waals surface area contributed by atoms with E-state index in [4.69, 9.17) is 15.0 Å². The Balaban J connectivity index is 2.28.